The minimum atomic E-state index is 0.572. The molecule has 0 atom stereocenters. The van der Waals surface area contributed by atoms with Gasteiger partial charge in [0.15, 0.2) is 0 Å². The number of fused-ring (bicyclic) bond motifs is 1. The van der Waals surface area contributed by atoms with E-state index in [1.807, 2.05) is 22.7 Å². The van der Waals surface area contributed by atoms with Crippen molar-refractivity contribution < 1.29 is 0 Å². The average molecular weight is 272 g/mol. The SMILES string of the molecule is Cc1csc2cc(-c3ccccc3C(C)C)sc12. The molecule has 2 heterocycles. The van der Waals surface area contributed by atoms with E-state index in [1.54, 1.807) is 0 Å². The molecule has 92 valence electrons. The molecule has 0 saturated heterocycles. The van der Waals surface area contributed by atoms with Crippen LogP contribution in [-0.2, 0) is 0 Å². The van der Waals surface area contributed by atoms with Crippen LogP contribution in [0.5, 0.6) is 0 Å². The first-order valence-electron chi connectivity index (χ1n) is 6.23. The number of hydrogen-bond donors (Lipinski definition) is 0. The summed E-state index contributed by atoms with van der Waals surface area (Å²) in [5.74, 6) is 0.572. The first-order valence-corrected chi connectivity index (χ1v) is 7.93. The molecule has 3 aromatic rings. The van der Waals surface area contributed by atoms with Crippen LogP contribution in [0.1, 0.15) is 30.9 Å². The lowest BCUT2D eigenvalue weighted by molar-refractivity contribution is 0.869. The van der Waals surface area contributed by atoms with Gasteiger partial charge in [-0.2, -0.15) is 0 Å². The van der Waals surface area contributed by atoms with Gasteiger partial charge in [0.2, 0.25) is 0 Å². The lowest BCUT2D eigenvalue weighted by Crippen LogP contribution is -1.90. The zero-order chi connectivity index (χ0) is 12.7. The Labute approximate surface area is 116 Å². The molecule has 0 N–H and O–H groups in total. The lowest BCUT2D eigenvalue weighted by atomic mass is 9.96. The van der Waals surface area contributed by atoms with Crippen LogP contribution in [0.15, 0.2) is 35.7 Å². The Kier molecular flexibility index (Phi) is 3.00. The van der Waals surface area contributed by atoms with Crippen molar-refractivity contribution in [1.82, 2.24) is 0 Å². The Hall–Kier alpha value is -1.12. The van der Waals surface area contributed by atoms with Crippen LogP contribution in [0.3, 0.4) is 0 Å². The third kappa shape index (κ3) is 1.90. The molecular weight excluding hydrogens is 256 g/mol. The molecule has 0 amide bonds. The molecule has 2 aromatic heterocycles. The minimum absolute atomic E-state index is 0.572. The molecule has 0 spiro atoms. The normalized spacial score (nSPS) is 11.6. The molecule has 0 aliphatic heterocycles. The highest BCUT2D eigenvalue weighted by molar-refractivity contribution is 7.29. The topological polar surface area (TPSA) is 0 Å². The Bertz CT molecular complexity index is 686. The molecule has 18 heavy (non-hydrogen) atoms. The van der Waals surface area contributed by atoms with Gasteiger partial charge in [0.05, 0.1) is 0 Å². The minimum Gasteiger partial charge on any atom is -0.143 e. The van der Waals surface area contributed by atoms with Gasteiger partial charge in [-0.25, -0.2) is 0 Å². The molecule has 0 saturated carbocycles. The highest BCUT2D eigenvalue weighted by Crippen LogP contribution is 2.40. The molecule has 0 aliphatic rings. The zero-order valence-corrected chi connectivity index (χ0v) is 12.5. The van der Waals surface area contributed by atoms with Gasteiger partial charge in [0.25, 0.3) is 0 Å². The second-order valence-corrected chi connectivity index (χ2v) is 6.93. The second-order valence-electron chi connectivity index (χ2n) is 4.96. The predicted octanol–water partition coefficient (Wildman–Crippen LogP) is 6.06. The van der Waals surface area contributed by atoms with Gasteiger partial charge >= 0.3 is 0 Å². The lowest BCUT2D eigenvalue weighted by Gasteiger charge is -2.10. The fourth-order valence-corrected chi connectivity index (χ4v) is 4.67. The van der Waals surface area contributed by atoms with Crippen LogP contribution >= 0.6 is 22.7 Å². The molecular formula is C16H16S2. The van der Waals surface area contributed by atoms with Gasteiger partial charge in [-0.15, -0.1) is 22.7 Å². The van der Waals surface area contributed by atoms with Crippen LogP contribution in [0.2, 0.25) is 0 Å². The van der Waals surface area contributed by atoms with Crippen LogP contribution in [-0.4, -0.2) is 0 Å². The fourth-order valence-electron chi connectivity index (χ4n) is 2.30. The Balaban J connectivity index is 2.19. The van der Waals surface area contributed by atoms with Crippen LogP contribution in [0, 0.1) is 6.92 Å². The summed E-state index contributed by atoms with van der Waals surface area (Å²) >= 11 is 3.78. The Morgan fingerprint density at radius 3 is 2.61 bits per heavy atom. The third-order valence-corrected chi connectivity index (χ3v) is 5.75. The van der Waals surface area contributed by atoms with E-state index in [0.717, 1.165) is 0 Å². The van der Waals surface area contributed by atoms with E-state index in [1.165, 1.54) is 31.0 Å². The van der Waals surface area contributed by atoms with Crippen LogP contribution < -0.4 is 0 Å². The Morgan fingerprint density at radius 2 is 1.89 bits per heavy atom. The van der Waals surface area contributed by atoms with E-state index >= 15 is 0 Å². The zero-order valence-electron chi connectivity index (χ0n) is 10.9. The summed E-state index contributed by atoms with van der Waals surface area (Å²) in [5.41, 5.74) is 4.26. The van der Waals surface area contributed by atoms with Gasteiger partial charge < -0.3 is 0 Å². The fraction of sp³-hybridized carbons (Fsp3) is 0.250. The maximum absolute atomic E-state index is 2.35. The number of thiophene rings is 2. The molecule has 0 bridgehead atoms. The molecule has 2 heteroatoms. The maximum Gasteiger partial charge on any atom is 0.0486 e. The van der Waals surface area contributed by atoms with Crippen molar-refractivity contribution >= 4 is 32.1 Å². The monoisotopic (exact) mass is 272 g/mol. The number of rotatable bonds is 2. The van der Waals surface area contributed by atoms with Crippen molar-refractivity contribution in [2.45, 2.75) is 26.7 Å². The number of benzene rings is 1. The quantitative estimate of drug-likeness (QED) is 0.532. The van der Waals surface area contributed by atoms with Crippen molar-refractivity contribution in [3.63, 3.8) is 0 Å². The van der Waals surface area contributed by atoms with Crippen molar-refractivity contribution in [2.75, 3.05) is 0 Å². The van der Waals surface area contributed by atoms with Crippen molar-refractivity contribution in [3.05, 3.63) is 46.8 Å². The largest absolute Gasteiger partial charge is 0.143 e. The molecule has 0 fully saturated rings. The van der Waals surface area contributed by atoms with E-state index in [2.05, 4.69) is 56.5 Å². The van der Waals surface area contributed by atoms with Gasteiger partial charge in [0, 0.05) is 14.3 Å². The van der Waals surface area contributed by atoms with E-state index in [4.69, 9.17) is 0 Å². The molecule has 1 aromatic carbocycles. The van der Waals surface area contributed by atoms with Crippen molar-refractivity contribution in [2.24, 2.45) is 0 Å². The van der Waals surface area contributed by atoms with Crippen LogP contribution in [0.25, 0.3) is 19.8 Å². The van der Waals surface area contributed by atoms with Gasteiger partial charge in [-0.1, -0.05) is 38.1 Å². The van der Waals surface area contributed by atoms with E-state index in [-0.39, 0.29) is 0 Å². The molecule has 0 nitrogen and oxygen atoms in total. The Morgan fingerprint density at radius 1 is 1.11 bits per heavy atom. The first-order chi connectivity index (χ1) is 8.66. The highest BCUT2D eigenvalue weighted by atomic mass is 32.1. The predicted molar refractivity (Wildman–Crippen MR) is 84.0 cm³/mol. The molecule has 0 radical (unpaired) electrons. The second kappa shape index (κ2) is 4.52. The summed E-state index contributed by atoms with van der Waals surface area (Å²) in [6.07, 6.45) is 0. The summed E-state index contributed by atoms with van der Waals surface area (Å²) in [4.78, 5) is 1.41. The van der Waals surface area contributed by atoms with E-state index in [0.29, 0.717) is 5.92 Å². The summed E-state index contributed by atoms with van der Waals surface area (Å²) in [6.45, 7) is 6.73. The van der Waals surface area contributed by atoms with Gasteiger partial charge in [-0.3, -0.25) is 0 Å². The molecule has 0 unspecified atom stereocenters. The standard InChI is InChI=1S/C16H16S2/c1-10(2)12-6-4-5-7-13(12)14-8-15-16(18-14)11(3)9-17-15/h4-10H,1-3H3. The van der Waals surface area contributed by atoms with E-state index < -0.39 is 0 Å². The molecule has 3 rings (SSSR count). The van der Waals surface area contributed by atoms with Crippen molar-refractivity contribution in [3.8, 4) is 10.4 Å². The van der Waals surface area contributed by atoms with Gasteiger partial charge in [-0.05, 0) is 41.0 Å². The number of aryl methyl sites for hydroxylation is 1. The summed E-state index contributed by atoms with van der Waals surface area (Å²) in [7, 11) is 0. The van der Waals surface area contributed by atoms with Crippen molar-refractivity contribution in [1.29, 1.82) is 0 Å². The third-order valence-electron chi connectivity index (χ3n) is 3.27. The first kappa shape index (κ1) is 11.9. The van der Waals surface area contributed by atoms with E-state index in [9.17, 15) is 0 Å². The number of hydrogen-bond acceptors (Lipinski definition) is 2. The highest BCUT2D eigenvalue weighted by Gasteiger charge is 2.12. The summed E-state index contributed by atoms with van der Waals surface area (Å²) < 4.78 is 2.87. The summed E-state index contributed by atoms with van der Waals surface area (Å²) in [5, 5.41) is 2.25. The summed E-state index contributed by atoms with van der Waals surface area (Å²) in [6, 6.07) is 11.1. The molecule has 0 aliphatic carbocycles. The average Bonchev–Trinajstić information content (AvgIpc) is 2.92. The smallest absolute Gasteiger partial charge is 0.0486 e. The van der Waals surface area contributed by atoms with Gasteiger partial charge in [0.1, 0.15) is 0 Å². The van der Waals surface area contributed by atoms with Crippen LogP contribution in [0.4, 0.5) is 0 Å². The maximum atomic E-state index is 2.35.